The molecule has 2 aliphatic rings. The fourth-order valence-corrected chi connectivity index (χ4v) is 4.46. The molecular formula is C24H31FN4O5. The third kappa shape index (κ3) is 5.31. The van der Waals surface area contributed by atoms with E-state index in [0.717, 1.165) is 19.3 Å². The number of carbonyl (C=O) groups is 2. The van der Waals surface area contributed by atoms with Crippen molar-refractivity contribution in [1.82, 2.24) is 19.9 Å². The number of aromatic nitrogens is 3. The standard InChI is InChI=1S/C24H31FN4O5/c1-14(15-7-8-15)28(2)24(32)33-13-20-22(26-27-29(20)3)16-9-10-21(19(25)12-16)34-18-6-4-5-17(11-18)23(30)31/h9-10,12,14-15,17-18H,4-8,11,13H2,1-3H3,(H,30,31)/t14-,17+,18+/m1/s1. The number of rotatable bonds is 8. The van der Waals surface area contributed by atoms with Crippen LogP contribution >= 0.6 is 0 Å². The van der Waals surface area contributed by atoms with Crippen LogP contribution in [0.4, 0.5) is 9.18 Å². The molecule has 0 unspecified atom stereocenters. The van der Waals surface area contributed by atoms with Crippen molar-refractivity contribution in [2.75, 3.05) is 7.05 Å². The van der Waals surface area contributed by atoms with E-state index in [9.17, 15) is 19.1 Å². The van der Waals surface area contributed by atoms with Gasteiger partial charge >= 0.3 is 12.1 Å². The van der Waals surface area contributed by atoms with Gasteiger partial charge in [0.1, 0.15) is 18.0 Å². The molecule has 2 saturated carbocycles. The van der Waals surface area contributed by atoms with Gasteiger partial charge in [0.05, 0.1) is 12.0 Å². The Kier molecular flexibility index (Phi) is 7.04. The van der Waals surface area contributed by atoms with Gasteiger partial charge in [0.2, 0.25) is 0 Å². The van der Waals surface area contributed by atoms with Gasteiger partial charge in [-0.3, -0.25) is 4.79 Å². The molecular weight excluding hydrogens is 443 g/mol. The predicted octanol–water partition coefficient (Wildman–Crippen LogP) is 4.01. The number of carboxylic acids is 1. The monoisotopic (exact) mass is 474 g/mol. The Bertz CT molecular complexity index is 1050. The molecule has 0 radical (unpaired) electrons. The number of ether oxygens (including phenoxy) is 2. The molecule has 1 aromatic heterocycles. The highest BCUT2D eigenvalue weighted by atomic mass is 19.1. The van der Waals surface area contributed by atoms with Crippen molar-refractivity contribution < 1.29 is 28.6 Å². The summed E-state index contributed by atoms with van der Waals surface area (Å²) in [4.78, 5) is 25.3. The fourth-order valence-electron chi connectivity index (χ4n) is 4.46. The van der Waals surface area contributed by atoms with Crippen LogP contribution in [0.3, 0.4) is 0 Å². The molecule has 4 rings (SSSR count). The molecule has 0 bridgehead atoms. The van der Waals surface area contributed by atoms with Crippen molar-refractivity contribution in [3.63, 3.8) is 0 Å². The second-order valence-corrected chi connectivity index (χ2v) is 9.34. The zero-order chi connectivity index (χ0) is 24.4. The summed E-state index contributed by atoms with van der Waals surface area (Å²) in [7, 11) is 3.42. The zero-order valence-corrected chi connectivity index (χ0v) is 19.7. The lowest BCUT2D eigenvalue weighted by Gasteiger charge is -2.27. The van der Waals surface area contributed by atoms with Gasteiger partial charge in [-0.25, -0.2) is 13.9 Å². The van der Waals surface area contributed by atoms with E-state index >= 15 is 0 Å². The lowest BCUT2D eigenvalue weighted by Crippen LogP contribution is -2.36. The van der Waals surface area contributed by atoms with Crippen molar-refractivity contribution in [3.8, 4) is 17.0 Å². The molecule has 1 N–H and O–H groups in total. The smallest absolute Gasteiger partial charge is 0.410 e. The molecule has 2 aromatic rings. The maximum absolute atomic E-state index is 14.9. The first kappa shape index (κ1) is 24.0. The van der Waals surface area contributed by atoms with Gasteiger partial charge in [-0.15, -0.1) is 5.10 Å². The van der Waals surface area contributed by atoms with Gasteiger partial charge in [0, 0.05) is 25.7 Å². The minimum atomic E-state index is -0.840. The zero-order valence-electron chi connectivity index (χ0n) is 19.7. The number of hydrogen-bond acceptors (Lipinski definition) is 6. The number of nitrogens with zero attached hydrogens (tertiary/aromatic N) is 4. The lowest BCUT2D eigenvalue weighted by atomic mass is 9.87. The van der Waals surface area contributed by atoms with Crippen LogP contribution in [0, 0.1) is 17.7 Å². The molecule has 9 nitrogen and oxygen atoms in total. The van der Waals surface area contributed by atoms with E-state index in [1.54, 1.807) is 25.1 Å². The fraction of sp³-hybridized carbons (Fsp3) is 0.583. The highest BCUT2D eigenvalue weighted by Gasteiger charge is 2.33. The first-order chi connectivity index (χ1) is 16.2. The van der Waals surface area contributed by atoms with Crippen molar-refractivity contribution in [3.05, 3.63) is 29.7 Å². The molecule has 184 valence electrons. The van der Waals surface area contributed by atoms with Gasteiger partial charge in [0.25, 0.3) is 0 Å². The Labute approximate surface area is 197 Å². The van der Waals surface area contributed by atoms with E-state index in [4.69, 9.17) is 9.47 Å². The highest BCUT2D eigenvalue weighted by Crippen LogP contribution is 2.35. The minimum absolute atomic E-state index is 0.0437. The number of aliphatic carboxylic acids is 1. The predicted molar refractivity (Wildman–Crippen MR) is 121 cm³/mol. The summed E-state index contributed by atoms with van der Waals surface area (Å²) in [5.41, 5.74) is 1.45. The van der Waals surface area contributed by atoms with E-state index in [-0.39, 0.29) is 24.5 Å². The highest BCUT2D eigenvalue weighted by molar-refractivity contribution is 5.70. The van der Waals surface area contributed by atoms with E-state index in [1.807, 2.05) is 6.92 Å². The first-order valence-electron chi connectivity index (χ1n) is 11.7. The van der Waals surface area contributed by atoms with Crippen LogP contribution in [-0.2, 0) is 23.2 Å². The van der Waals surface area contributed by atoms with Crippen molar-refractivity contribution in [2.24, 2.45) is 18.9 Å². The Morgan fingerprint density at radius 1 is 1.29 bits per heavy atom. The van der Waals surface area contributed by atoms with Gasteiger partial charge in [0.15, 0.2) is 11.6 Å². The second-order valence-electron chi connectivity index (χ2n) is 9.34. The van der Waals surface area contributed by atoms with Crippen LogP contribution in [0.2, 0.25) is 0 Å². The maximum atomic E-state index is 14.9. The molecule has 1 amide bonds. The number of amides is 1. The summed E-state index contributed by atoms with van der Waals surface area (Å²) in [6.07, 6.45) is 3.90. The Morgan fingerprint density at radius 3 is 2.74 bits per heavy atom. The summed E-state index contributed by atoms with van der Waals surface area (Å²) in [5.74, 6) is -1.27. The third-order valence-electron chi connectivity index (χ3n) is 6.95. The number of aryl methyl sites for hydroxylation is 1. The van der Waals surface area contributed by atoms with Crippen LogP contribution in [0.1, 0.15) is 51.1 Å². The second kappa shape index (κ2) is 9.99. The molecule has 10 heteroatoms. The number of benzene rings is 1. The summed E-state index contributed by atoms with van der Waals surface area (Å²) >= 11 is 0. The van der Waals surface area contributed by atoms with Gasteiger partial charge < -0.3 is 19.5 Å². The minimum Gasteiger partial charge on any atom is -0.487 e. The number of hydrogen-bond donors (Lipinski definition) is 1. The summed E-state index contributed by atoms with van der Waals surface area (Å²) in [5, 5.41) is 17.4. The largest absolute Gasteiger partial charge is 0.487 e. The van der Waals surface area contributed by atoms with Gasteiger partial charge in [-0.2, -0.15) is 0 Å². The van der Waals surface area contributed by atoms with Crippen LogP contribution in [0.25, 0.3) is 11.3 Å². The van der Waals surface area contributed by atoms with Crippen LogP contribution < -0.4 is 4.74 Å². The molecule has 2 aliphatic carbocycles. The SMILES string of the molecule is C[C@H](C1CC1)N(C)C(=O)OCc1c(-c2ccc(O[C@H]3CCC[C@H](C(=O)O)C3)c(F)c2)nnn1C. The Hall–Kier alpha value is -3.17. The average Bonchev–Trinajstić information content (AvgIpc) is 3.61. The Balaban J connectivity index is 1.43. The van der Waals surface area contributed by atoms with Gasteiger partial charge in [-0.1, -0.05) is 5.21 Å². The van der Waals surface area contributed by atoms with Crippen molar-refractivity contribution in [1.29, 1.82) is 0 Å². The van der Waals surface area contributed by atoms with Crippen molar-refractivity contribution >= 4 is 12.1 Å². The van der Waals surface area contributed by atoms with E-state index < -0.39 is 23.8 Å². The quantitative estimate of drug-likeness (QED) is 0.616. The van der Waals surface area contributed by atoms with Crippen LogP contribution in [0.5, 0.6) is 5.75 Å². The normalized spacial score (nSPS) is 21.1. The first-order valence-corrected chi connectivity index (χ1v) is 11.7. The maximum Gasteiger partial charge on any atom is 0.410 e. The molecule has 1 aromatic carbocycles. The van der Waals surface area contributed by atoms with Crippen LogP contribution in [-0.4, -0.2) is 56.3 Å². The number of halogens is 1. The van der Waals surface area contributed by atoms with E-state index in [2.05, 4.69) is 10.3 Å². The van der Waals surface area contributed by atoms with Crippen molar-refractivity contribution in [2.45, 2.75) is 64.2 Å². The molecule has 0 aliphatic heterocycles. The molecule has 0 spiro atoms. The average molecular weight is 475 g/mol. The molecule has 1 heterocycles. The number of carbonyl (C=O) groups excluding carboxylic acids is 1. The van der Waals surface area contributed by atoms with E-state index in [0.29, 0.717) is 42.1 Å². The summed E-state index contributed by atoms with van der Waals surface area (Å²) in [6, 6.07) is 4.62. The third-order valence-corrected chi connectivity index (χ3v) is 6.95. The number of carboxylic acid groups (broad SMARTS) is 1. The van der Waals surface area contributed by atoms with Gasteiger partial charge in [-0.05, 0) is 69.6 Å². The molecule has 34 heavy (non-hydrogen) atoms. The topological polar surface area (TPSA) is 107 Å². The lowest BCUT2D eigenvalue weighted by molar-refractivity contribution is -0.143. The molecule has 3 atom stereocenters. The molecule has 2 fully saturated rings. The summed E-state index contributed by atoms with van der Waals surface area (Å²) < 4.78 is 27.7. The van der Waals surface area contributed by atoms with E-state index in [1.165, 1.54) is 16.8 Å². The summed E-state index contributed by atoms with van der Waals surface area (Å²) in [6.45, 7) is 1.97. The van der Waals surface area contributed by atoms with Crippen LogP contribution in [0.15, 0.2) is 18.2 Å². The Morgan fingerprint density at radius 2 is 2.06 bits per heavy atom. The molecule has 0 saturated heterocycles.